The first-order chi connectivity index (χ1) is 13.6. The van der Waals surface area contributed by atoms with Crippen molar-refractivity contribution in [1.29, 1.82) is 0 Å². The topological polar surface area (TPSA) is 81.8 Å². The zero-order chi connectivity index (χ0) is 20.9. The van der Waals surface area contributed by atoms with Crippen LogP contribution in [0.1, 0.15) is 33.2 Å². The van der Waals surface area contributed by atoms with Gasteiger partial charge < -0.3 is 5.32 Å². The van der Waals surface area contributed by atoms with Crippen LogP contribution in [0.3, 0.4) is 0 Å². The maximum absolute atomic E-state index is 13.8. The van der Waals surface area contributed by atoms with Gasteiger partial charge in [0.25, 0.3) is 5.56 Å². The summed E-state index contributed by atoms with van der Waals surface area (Å²) in [6.45, 7) is 5.91. The predicted octanol–water partition coefficient (Wildman–Crippen LogP) is 3.30. The monoisotopic (exact) mass is 419 g/mol. The molecule has 0 bridgehead atoms. The van der Waals surface area contributed by atoms with Crippen molar-refractivity contribution in [1.82, 2.24) is 19.3 Å². The average molecular weight is 419 g/mol. The third kappa shape index (κ3) is 3.52. The smallest absolute Gasteiger partial charge is 0.265 e. The second kappa shape index (κ2) is 6.94. The van der Waals surface area contributed by atoms with Crippen molar-refractivity contribution in [2.24, 2.45) is 0 Å². The van der Waals surface area contributed by atoms with E-state index < -0.39 is 23.6 Å². The number of thioether (sulfide) groups is 1. The molecule has 1 N–H and O–H groups in total. The van der Waals surface area contributed by atoms with Crippen LogP contribution >= 0.6 is 11.8 Å². The highest BCUT2D eigenvalue weighted by atomic mass is 32.2. The Hall–Kier alpha value is -2.75. The number of carbonyl (C=O) groups excluding carboxylic acids is 1. The van der Waals surface area contributed by atoms with Crippen LogP contribution in [0.2, 0.25) is 0 Å². The van der Waals surface area contributed by atoms with Gasteiger partial charge in [0, 0.05) is 18.2 Å². The number of nitrogens with zero attached hydrogens (tertiary/aromatic N) is 4. The molecule has 1 unspecified atom stereocenters. The molecule has 152 valence electrons. The van der Waals surface area contributed by atoms with Gasteiger partial charge in [-0.1, -0.05) is 11.8 Å². The number of aromatic nitrogens is 4. The number of benzene rings is 1. The van der Waals surface area contributed by atoms with Crippen LogP contribution in [-0.2, 0) is 10.3 Å². The lowest BCUT2D eigenvalue weighted by molar-refractivity contribution is -0.116. The molecule has 0 saturated heterocycles. The summed E-state index contributed by atoms with van der Waals surface area (Å²) < 4.78 is 30.3. The van der Waals surface area contributed by atoms with Gasteiger partial charge in [0.1, 0.15) is 17.0 Å². The molecule has 3 heterocycles. The zero-order valence-electron chi connectivity index (χ0n) is 16.1. The Balaban J connectivity index is 1.62. The Bertz CT molecular complexity index is 1180. The van der Waals surface area contributed by atoms with Gasteiger partial charge in [-0.2, -0.15) is 5.10 Å². The molecule has 1 amide bonds. The van der Waals surface area contributed by atoms with Crippen LogP contribution in [0.15, 0.2) is 34.3 Å². The van der Waals surface area contributed by atoms with Crippen molar-refractivity contribution in [3.63, 3.8) is 0 Å². The van der Waals surface area contributed by atoms with E-state index in [1.165, 1.54) is 22.5 Å². The van der Waals surface area contributed by atoms with Crippen molar-refractivity contribution >= 4 is 34.4 Å². The summed E-state index contributed by atoms with van der Waals surface area (Å²) in [4.78, 5) is 30.0. The van der Waals surface area contributed by atoms with Gasteiger partial charge in [-0.15, -0.1) is 0 Å². The van der Waals surface area contributed by atoms with Crippen molar-refractivity contribution in [3.8, 4) is 0 Å². The van der Waals surface area contributed by atoms with Crippen molar-refractivity contribution < 1.29 is 13.6 Å². The highest BCUT2D eigenvalue weighted by Crippen LogP contribution is 2.34. The van der Waals surface area contributed by atoms with Gasteiger partial charge in [0.15, 0.2) is 10.8 Å². The van der Waals surface area contributed by atoms with Crippen LogP contribution < -0.4 is 10.9 Å². The van der Waals surface area contributed by atoms with Crippen LogP contribution in [0.5, 0.6) is 0 Å². The molecule has 2 aromatic heterocycles. The Labute approximate surface area is 169 Å². The number of amides is 1. The van der Waals surface area contributed by atoms with Crippen LogP contribution in [-0.4, -0.2) is 31.0 Å². The molecule has 0 saturated carbocycles. The van der Waals surface area contributed by atoms with Gasteiger partial charge in [-0.05, 0) is 32.9 Å². The van der Waals surface area contributed by atoms with E-state index in [0.29, 0.717) is 21.9 Å². The highest BCUT2D eigenvalue weighted by Gasteiger charge is 2.30. The number of fused-ring (bicyclic) bond motifs is 2. The Morgan fingerprint density at radius 3 is 2.83 bits per heavy atom. The minimum absolute atomic E-state index is 0.0591. The summed E-state index contributed by atoms with van der Waals surface area (Å²) in [7, 11) is 0. The summed E-state index contributed by atoms with van der Waals surface area (Å²) in [5.41, 5.74) is -0.320. The fraction of sp³-hybridized carbons (Fsp3) is 0.368. The van der Waals surface area contributed by atoms with Gasteiger partial charge in [-0.25, -0.2) is 18.4 Å². The highest BCUT2D eigenvalue weighted by molar-refractivity contribution is 7.99. The number of hydrogen-bond acceptors (Lipinski definition) is 5. The lowest BCUT2D eigenvalue weighted by Crippen LogP contribution is -2.29. The third-order valence-electron chi connectivity index (χ3n) is 4.63. The fourth-order valence-corrected chi connectivity index (χ4v) is 4.41. The number of nitrogens with one attached hydrogen (secondary N) is 1. The Kier molecular flexibility index (Phi) is 4.68. The quantitative estimate of drug-likeness (QED) is 0.659. The molecule has 1 aliphatic heterocycles. The zero-order valence-corrected chi connectivity index (χ0v) is 16.9. The van der Waals surface area contributed by atoms with Gasteiger partial charge in [-0.3, -0.25) is 14.2 Å². The Morgan fingerprint density at radius 2 is 2.10 bits per heavy atom. The molecule has 1 aromatic carbocycles. The second-order valence-electron chi connectivity index (χ2n) is 7.88. The van der Waals surface area contributed by atoms with E-state index in [4.69, 9.17) is 0 Å². The summed E-state index contributed by atoms with van der Waals surface area (Å²) >= 11 is 1.38. The summed E-state index contributed by atoms with van der Waals surface area (Å²) in [6.07, 6.45) is 1.43. The lowest BCUT2D eigenvalue weighted by atomic mass is 10.1. The summed E-state index contributed by atoms with van der Waals surface area (Å²) in [5.74, 6) is -1.40. The first-order valence-electron chi connectivity index (χ1n) is 9.03. The van der Waals surface area contributed by atoms with Crippen LogP contribution in [0.4, 0.5) is 14.5 Å². The number of rotatable bonds is 3. The van der Waals surface area contributed by atoms with Gasteiger partial charge in [0.05, 0.1) is 23.5 Å². The lowest BCUT2D eigenvalue weighted by Gasteiger charge is -2.20. The largest absolute Gasteiger partial charge is 0.323 e. The molecular weight excluding hydrogens is 400 g/mol. The first kappa shape index (κ1) is 19.6. The standard InChI is InChI=1S/C19H19F2N5O2S/c1-19(2,3)26-16-12(8-22-26)17(28)25-11(9-29-18(25)24-16)7-15(27)23-14-6-10(20)4-5-13(14)21/h4-6,8,11H,7,9H2,1-3H3,(H,23,27). The minimum atomic E-state index is -0.726. The summed E-state index contributed by atoms with van der Waals surface area (Å²) in [5, 5.41) is 7.58. The molecule has 0 fully saturated rings. The molecule has 0 radical (unpaired) electrons. The molecule has 7 nitrogen and oxygen atoms in total. The molecular formula is C19H19F2N5O2S. The molecule has 29 heavy (non-hydrogen) atoms. The molecule has 1 atom stereocenters. The summed E-state index contributed by atoms with van der Waals surface area (Å²) in [6, 6.07) is 2.41. The third-order valence-corrected chi connectivity index (χ3v) is 5.73. The van der Waals surface area contributed by atoms with Gasteiger partial charge in [0.2, 0.25) is 5.91 Å². The first-order valence-corrected chi connectivity index (χ1v) is 10.0. The fourth-order valence-electron chi connectivity index (χ4n) is 3.28. The van der Waals surface area contributed by atoms with E-state index in [1.54, 1.807) is 4.68 Å². The molecule has 10 heteroatoms. The van der Waals surface area contributed by atoms with Crippen molar-refractivity contribution in [2.75, 3.05) is 11.1 Å². The molecule has 1 aliphatic rings. The van der Waals surface area contributed by atoms with E-state index in [9.17, 15) is 18.4 Å². The van der Waals surface area contributed by atoms with E-state index in [-0.39, 0.29) is 23.2 Å². The van der Waals surface area contributed by atoms with E-state index in [0.717, 1.165) is 18.2 Å². The Morgan fingerprint density at radius 1 is 1.34 bits per heavy atom. The molecule has 0 aliphatic carbocycles. The van der Waals surface area contributed by atoms with Crippen LogP contribution in [0, 0.1) is 11.6 Å². The molecule has 0 spiro atoms. The molecule has 4 rings (SSSR count). The number of anilines is 1. The number of halogens is 2. The number of carbonyl (C=O) groups is 1. The minimum Gasteiger partial charge on any atom is -0.323 e. The van der Waals surface area contributed by atoms with Crippen molar-refractivity contribution in [2.45, 2.75) is 43.9 Å². The maximum atomic E-state index is 13.8. The van der Waals surface area contributed by atoms with Crippen molar-refractivity contribution in [3.05, 3.63) is 46.4 Å². The predicted molar refractivity (Wildman–Crippen MR) is 106 cm³/mol. The van der Waals surface area contributed by atoms with Gasteiger partial charge >= 0.3 is 0 Å². The van der Waals surface area contributed by atoms with E-state index >= 15 is 0 Å². The number of hydrogen-bond donors (Lipinski definition) is 1. The average Bonchev–Trinajstić information content (AvgIpc) is 3.23. The molecule has 3 aromatic rings. The second-order valence-corrected chi connectivity index (χ2v) is 8.86. The maximum Gasteiger partial charge on any atom is 0.265 e. The van der Waals surface area contributed by atoms with E-state index in [2.05, 4.69) is 15.4 Å². The SMILES string of the molecule is CC(C)(C)n1ncc2c(=O)n3c(nc21)SCC3CC(=O)Nc1cc(F)ccc1F. The normalized spacial score (nSPS) is 16.2. The van der Waals surface area contributed by atoms with Crippen LogP contribution in [0.25, 0.3) is 11.0 Å². The van der Waals surface area contributed by atoms with E-state index in [1.807, 2.05) is 20.8 Å².